The van der Waals surface area contributed by atoms with E-state index in [9.17, 15) is 13.2 Å². The molecule has 0 saturated heterocycles. The van der Waals surface area contributed by atoms with E-state index in [1.165, 1.54) is 31.3 Å². The van der Waals surface area contributed by atoms with Crippen LogP contribution in [0.4, 0.5) is 5.69 Å². The summed E-state index contributed by atoms with van der Waals surface area (Å²) in [7, 11) is 1.29. The van der Waals surface area contributed by atoms with Gasteiger partial charge in [0.25, 0.3) is 0 Å². The number of hydrogen-bond acceptors (Lipinski definition) is 4. The molecule has 0 spiro atoms. The van der Waals surface area contributed by atoms with Crippen LogP contribution in [0.25, 0.3) is 0 Å². The van der Waals surface area contributed by atoms with Crippen molar-refractivity contribution in [3.05, 3.63) is 59.2 Å². The number of carbonyl (C=O) groups excluding carboxylic acids is 1. The van der Waals surface area contributed by atoms with Crippen molar-refractivity contribution in [3.8, 4) is 0 Å². The molecule has 7 heteroatoms. The summed E-state index contributed by atoms with van der Waals surface area (Å²) in [6, 6.07) is 13.0. The van der Waals surface area contributed by atoms with E-state index in [1.807, 2.05) is 43.1 Å². The van der Waals surface area contributed by atoms with Crippen LogP contribution in [-0.2, 0) is 21.4 Å². The van der Waals surface area contributed by atoms with Crippen molar-refractivity contribution in [2.24, 2.45) is 0 Å². The fraction of sp³-hybridized carbons (Fsp3) is 0.350. The number of anilines is 1. The second-order valence-corrected chi connectivity index (χ2v) is 9.03. The van der Waals surface area contributed by atoms with Crippen LogP contribution in [0.15, 0.2) is 47.4 Å². The first-order valence-corrected chi connectivity index (χ1v) is 10.1. The van der Waals surface area contributed by atoms with Gasteiger partial charge in [-0.3, -0.25) is 9.69 Å². The zero-order chi connectivity index (χ0) is 20.2. The smallest absolute Gasteiger partial charge is 0.242 e. The molecule has 2 aromatic carbocycles. The lowest BCUT2D eigenvalue weighted by Crippen LogP contribution is -2.30. The summed E-state index contributed by atoms with van der Waals surface area (Å²) in [5.41, 5.74) is 3.46. The minimum absolute atomic E-state index is 0.192. The zero-order valence-electron chi connectivity index (χ0n) is 16.5. The zero-order valence-corrected chi connectivity index (χ0v) is 17.3. The minimum Gasteiger partial charge on any atom is -0.325 e. The van der Waals surface area contributed by atoms with Crippen LogP contribution in [0.5, 0.6) is 0 Å². The van der Waals surface area contributed by atoms with Gasteiger partial charge in [0.2, 0.25) is 15.9 Å². The highest BCUT2D eigenvalue weighted by molar-refractivity contribution is 7.89. The first kappa shape index (κ1) is 21.1. The number of rotatable bonds is 7. The highest BCUT2D eigenvalue weighted by atomic mass is 32.2. The SMILES string of the molecule is Cc1ccccc1CN(C)CC(=O)Nc1ccc(C)c(S(=O)(=O)N(C)C)c1. The molecule has 0 radical (unpaired) electrons. The van der Waals surface area contributed by atoms with Crippen LogP contribution in [0.3, 0.4) is 0 Å². The maximum Gasteiger partial charge on any atom is 0.242 e. The van der Waals surface area contributed by atoms with Crippen molar-refractivity contribution in [3.63, 3.8) is 0 Å². The molecule has 0 aliphatic rings. The molecule has 6 nitrogen and oxygen atoms in total. The van der Waals surface area contributed by atoms with E-state index >= 15 is 0 Å². The Hall–Kier alpha value is -2.22. The molecule has 146 valence electrons. The second kappa shape index (κ2) is 8.65. The average Bonchev–Trinajstić information content (AvgIpc) is 2.58. The summed E-state index contributed by atoms with van der Waals surface area (Å²) < 4.78 is 26.0. The quantitative estimate of drug-likeness (QED) is 0.790. The number of amides is 1. The summed E-state index contributed by atoms with van der Waals surface area (Å²) in [4.78, 5) is 14.5. The van der Waals surface area contributed by atoms with Gasteiger partial charge in [-0.2, -0.15) is 0 Å². The van der Waals surface area contributed by atoms with E-state index in [4.69, 9.17) is 0 Å². The number of hydrogen-bond donors (Lipinski definition) is 1. The van der Waals surface area contributed by atoms with Crippen LogP contribution in [0.2, 0.25) is 0 Å². The van der Waals surface area contributed by atoms with E-state index in [1.54, 1.807) is 19.1 Å². The molecule has 0 heterocycles. The van der Waals surface area contributed by atoms with Crippen LogP contribution in [-0.4, -0.2) is 51.2 Å². The molecule has 0 aromatic heterocycles. The fourth-order valence-electron chi connectivity index (χ4n) is 2.73. The Morgan fingerprint density at radius 1 is 1.00 bits per heavy atom. The minimum atomic E-state index is -3.56. The van der Waals surface area contributed by atoms with Gasteiger partial charge >= 0.3 is 0 Å². The highest BCUT2D eigenvalue weighted by Crippen LogP contribution is 2.22. The van der Waals surface area contributed by atoms with Gasteiger partial charge in [0.15, 0.2) is 0 Å². The maximum absolute atomic E-state index is 12.4. The largest absolute Gasteiger partial charge is 0.325 e. The summed E-state index contributed by atoms with van der Waals surface area (Å²) >= 11 is 0. The number of nitrogens with zero attached hydrogens (tertiary/aromatic N) is 2. The molecule has 0 fully saturated rings. The van der Waals surface area contributed by atoms with Gasteiger partial charge in [-0.05, 0) is 49.7 Å². The third-order valence-electron chi connectivity index (χ3n) is 4.35. The normalized spacial score (nSPS) is 11.8. The average molecular weight is 390 g/mol. The molecule has 1 amide bonds. The summed E-state index contributed by atoms with van der Waals surface area (Å²) in [5.74, 6) is -0.192. The van der Waals surface area contributed by atoms with Gasteiger partial charge in [0.05, 0.1) is 11.4 Å². The Morgan fingerprint density at radius 2 is 1.67 bits per heavy atom. The van der Waals surface area contributed by atoms with Crippen LogP contribution in [0.1, 0.15) is 16.7 Å². The van der Waals surface area contributed by atoms with Gasteiger partial charge in [0.1, 0.15) is 0 Å². The number of sulfonamides is 1. The van der Waals surface area contributed by atoms with E-state index in [-0.39, 0.29) is 17.3 Å². The molecule has 1 N–H and O–H groups in total. The number of likely N-dealkylation sites (N-methyl/N-ethyl adjacent to an activating group) is 1. The molecule has 0 aliphatic heterocycles. The lowest BCUT2D eigenvalue weighted by atomic mass is 10.1. The van der Waals surface area contributed by atoms with Gasteiger partial charge in [-0.1, -0.05) is 30.3 Å². The first-order chi connectivity index (χ1) is 12.6. The van der Waals surface area contributed by atoms with Crippen LogP contribution >= 0.6 is 0 Å². The van der Waals surface area contributed by atoms with Crippen molar-refractivity contribution in [2.75, 3.05) is 33.0 Å². The van der Waals surface area contributed by atoms with E-state index in [2.05, 4.69) is 5.32 Å². The molecule has 0 saturated carbocycles. The van der Waals surface area contributed by atoms with Crippen molar-refractivity contribution in [2.45, 2.75) is 25.3 Å². The second-order valence-electron chi connectivity index (χ2n) is 6.91. The molecule has 0 aliphatic carbocycles. The Labute approximate surface area is 161 Å². The van der Waals surface area contributed by atoms with Gasteiger partial charge in [-0.25, -0.2) is 12.7 Å². The third-order valence-corrected chi connectivity index (χ3v) is 6.30. The molecule has 0 bridgehead atoms. The van der Waals surface area contributed by atoms with Crippen molar-refractivity contribution >= 4 is 21.6 Å². The van der Waals surface area contributed by atoms with Gasteiger partial charge in [-0.15, -0.1) is 0 Å². The van der Waals surface area contributed by atoms with E-state index < -0.39 is 10.0 Å². The van der Waals surface area contributed by atoms with E-state index in [0.717, 1.165) is 4.31 Å². The molecule has 0 unspecified atom stereocenters. The predicted octanol–water partition coefficient (Wildman–Crippen LogP) is 2.62. The number of aryl methyl sites for hydroxylation is 2. The van der Waals surface area contributed by atoms with Gasteiger partial charge < -0.3 is 5.32 Å². The van der Waals surface area contributed by atoms with Crippen LogP contribution in [0, 0.1) is 13.8 Å². The summed E-state index contributed by atoms with van der Waals surface area (Å²) in [5, 5.41) is 2.79. The van der Waals surface area contributed by atoms with Gasteiger partial charge in [0, 0.05) is 26.3 Å². The standard InChI is InChI=1S/C20H27N3O3S/c1-15-8-6-7-9-17(15)13-23(5)14-20(24)21-18-11-10-16(2)19(12-18)27(25,26)22(3)4/h6-12H,13-14H2,1-5H3,(H,21,24). The molecule has 0 atom stereocenters. The third kappa shape index (κ3) is 5.38. The molecule has 2 aromatic rings. The highest BCUT2D eigenvalue weighted by Gasteiger charge is 2.20. The topological polar surface area (TPSA) is 69.7 Å². The first-order valence-electron chi connectivity index (χ1n) is 8.67. The molecular formula is C20H27N3O3S. The molecule has 27 heavy (non-hydrogen) atoms. The van der Waals surface area contributed by atoms with Crippen LogP contribution < -0.4 is 5.32 Å². The maximum atomic E-state index is 12.4. The predicted molar refractivity (Wildman–Crippen MR) is 108 cm³/mol. The Balaban J connectivity index is 2.07. The van der Waals surface area contributed by atoms with E-state index in [0.29, 0.717) is 17.8 Å². The number of benzene rings is 2. The molecular weight excluding hydrogens is 362 g/mol. The van der Waals surface area contributed by atoms with Crippen molar-refractivity contribution in [1.29, 1.82) is 0 Å². The van der Waals surface area contributed by atoms with Crippen molar-refractivity contribution < 1.29 is 13.2 Å². The Bertz CT molecular complexity index is 924. The number of carbonyl (C=O) groups is 1. The summed E-state index contributed by atoms with van der Waals surface area (Å²) in [6.07, 6.45) is 0. The lowest BCUT2D eigenvalue weighted by molar-refractivity contribution is -0.117. The van der Waals surface area contributed by atoms with Crippen molar-refractivity contribution in [1.82, 2.24) is 9.21 Å². The molecule has 2 rings (SSSR count). The monoisotopic (exact) mass is 389 g/mol. The Kier molecular flexibility index (Phi) is 6.75. The fourth-order valence-corrected chi connectivity index (χ4v) is 3.88. The number of nitrogens with one attached hydrogen (secondary N) is 1. The Morgan fingerprint density at radius 3 is 2.30 bits per heavy atom. The lowest BCUT2D eigenvalue weighted by Gasteiger charge is -2.18. The summed E-state index contributed by atoms with van der Waals surface area (Å²) in [6.45, 7) is 4.65.